The van der Waals surface area contributed by atoms with E-state index in [1.165, 1.54) is 5.56 Å². The van der Waals surface area contributed by atoms with Gasteiger partial charge in [0.2, 0.25) is 0 Å². The van der Waals surface area contributed by atoms with Crippen molar-refractivity contribution < 1.29 is 17.9 Å². The van der Waals surface area contributed by atoms with Crippen molar-refractivity contribution in [3.63, 3.8) is 0 Å². The summed E-state index contributed by atoms with van der Waals surface area (Å²) in [6, 6.07) is 10.7. The van der Waals surface area contributed by atoms with E-state index < -0.39 is 15.2 Å². The maximum absolute atomic E-state index is 13.9. The molecule has 0 saturated carbocycles. The van der Waals surface area contributed by atoms with Crippen LogP contribution >= 0.6 is 24.0 Å². The highest BCUT2D eigenvalue weighted by atomic mass is 35.5. The average molecular weight is 501 g/mol. The van der Waals surface area contributed by atoms with Gasteiger partial charge in [0.05, 0.1) is 24.1 Å². The minimum Gasteiger partial charge on any atom is -0.493 e. The first-order chi connectivity index (χ1) is 15.0. The van der Waals surface area contributed by atoms with Gasteiger partial charge in [-0.15, -0.1) is 12.4 Å². The topological polar surface area (TPSA) is 67.9 Å². The lowest BCUT2D eigenvalue weighted by molar-refractivity contribution is 0.161. The van der Waals surface area contributed by atoms with Gasteiger partial charge in [-0.3, -0.25) is 4.90 Å². The molecule has 32 heavy (non-hydrogen) atoms. The van der Waals surface area contributed by atoms with Gasteiger partial charge in [0.1, 0.15) is 5.37 Å². The zero-order valence-corrected chi connectivity index (χ0v) is 20.7. The van der Waals surface area contributed by atoms with Crippen LogP contribution in [0.4, 0.5) is 0 Å². The number of ether oxygens (including phenoxy) is 2. The normalized spacial score (nSPS) is 20.0. The molecule has 0 bridgehead atoms. The van der Waals surface area contributed by atoms with E-state index in [9.17, 15) is 8.42 Å². The molecule has 2 atom stereocenters. The first kappa shape index (κ1) is 25.1. The second kappa shape index (κ2) is 10.6. The van der Waals surface area contributed by atoms with E-state index in [0.717, 1.165) is 31.4 Å². The molecule has 6 nitrogen and oxygen atoms in total. The van der Waals surface area contributed by atoms with Crippen LogP contribution in [0.25, 0.3) is 0 Å². The lowest BCUT2D eigenvalue weighted by atomic mass is 9.95. The maximum Gasteiger partial charge on any atom is 0.196 e. The number of fused-ring (bicyclic) bond motifs is 1. The number of hydrogen-bond donors (Lipinski definition) is 1. The Morgan fingerprint density at radius 2 is 1.81 bits per heavy atom. The predicted molar refractivity (Wildman–Crippen MR) is 129 cm³/mol. The zero-order chi connectivity index (χ0) is 22.0. The van der Waals surface area contributed by atoms with Crippen LogP contribution in [0.15, 0.2) is 41.3 Å². The van der Waals surface area contributed by atoms with E-state index in [-0.39, 0.29) is 28.2 Å². The summed E-state index contributed by atoms with van der Waals surface area (Å²) >= 11 is 6.34. The van der Waals surface area contributed by atoms with Crippen molar-refractivity contribution in [3.05, 3.63) is 52.5 Å². The van der Waals surface area contributed by atoms with Crippen LogP contribution in [0.2, 0.25) is 5.02 Å². The Balaban J connectivity index is 0.00000289. The molecule has 0 spiro atoms. The summed E-state index contributed by atoms with van der Waals surface area (Å²) in [5, 5.41) is 3.02. The summed E-state index contributed by atoms with van der Waals surface area (Å²) < 4.78 is 38.7. The van der Waals surface area contributed by atoms with Gasteiger partial charge in [-0.1, -0.05) is 23.7 Å². The molecule has 0 aliphatic carbocycles. The smallest absolute Gasteiger partial charge is 0.196 e. The highest BCUT2D eigenvalue weighted by Gasteiger charge is 2.41. The molecular formula is C23H30Cl2N2O4S. The standard InChI is InChI=1S/C23H29ClN2O4S.ClH/c1-29-20-12-16-9-11-26(15-18(16)13-21(20)30-2)23(17-6-5-10-25-14-17)31(27,28)22-8-4-3-7-19(22)24;/h3-4,7-8,12-13,17,23,25H,5-6,9-11,14-15H2,1-2H3;1H. The lowest BCUT2D eigenvalue weighted by Gasteiger charge is -2.40. The summed E-state index contributed by atoms with van der Waals surface area (Å²) in [6.45, 7) is 2.81. The number of halogens is 2. The molecule has 1 fully saturated rings. The summed E-state index contributed by atoms with van der Waals surface area (Å²) in [5.74, 6) is 1.36. The fraction of sp³-hybridized carbons (Fsp3) is 0.478. The van der Waals surface area contributed by atoms with Crippen molar-refractivity contribution in [1.82, 2.24) is 10.2 Å². The maximum atomic E-state index is 13.9. The number of sulfone groups is 1. The fourth-order valence-corrected chi connectivity index (χ4v) is 7.44. The van der Waals surface area contributed by atoms with Gasteiger partial charge < -0.3 is 14.8 Å². The van der Waals surface area contributed by atoms with E-state index in [1.54, 1.807) is 38.5 Å². The third-order valence-corrected chi connectivity index (χ3v) is 9.04. The number of nitrogens with zero attached hydrogens (tertiary/aromatic N) is 1. The lowest BCUT2D eigenvalue weighted by Crippen LogP contribution is -2.52. The monoisotopic (exact) mass is 500 g/mol. The molecule has 2 aromatic carbocycles. The molecule has 0 amide bonds. The molecule has 1 saturated heterocycles. The van der Waals surface area contributed by atoms with Crippen molar-refractivity contribution in [2.24, 2.45) is 5.92 Å². The number of nitrogens with one attached hydrogen (secondary N) is 1. The number of hydrogen-bond acceptors (Lipinski definition) is 6. The SMILES string of the molecule is COc1cc2c(cc1OC)CN(C(C1CCCNC1)S(=O)(=O)c1ccccc1Cl)CC2.Cl. The minimum absolute atomic E-state index is 0. The molecule has 0 radical (unpaired) electrons. The van der Waals surface area contributed by atoms with Crippen LogP contribution in [0, 0.1) is 5.92 Å². The zero-order valence-electron chi connectivity index (χ0n) is 18.3. The second-order valence-electron chi connectivity index (χ2n) is 8.17. The quantitative estimate of drug-likeness (QED) is 0.647. The predicted octanol–water partition coefficient (Wildman–Crippen LogP) is 3.94. The Hall–Kier alpha value is -1.51. The molecule has 2 aliphatic rings. The van der Waals surface area contributed by atoms with E-state index in [0.29, 0.717) is 31.1 Å². The summed E-state index contributed by atoms with van der Waals surface area (Å²) in [4.78, 5) is 2.32. The first-order valence-corrected chi connectivity index (χ1v) is 12.5. The van der Waals surface area contributed by atoms with Crippen molar-refractivity contribution in [2.45, 2.75) is 36.1 Å². The molecule has 9 heteroatoms. The average Bonchev–Trinajstić information content (AvgIpc) is 2.79. The van der Waals surface area contributed by atoms with Crippen LogP contribution in [-0.2, 0) is 22.8 Å². The second-order valence-corrected chi connectivity index (χ2v) is 10.6. The summed E-state index contributed by atoms with van der Waals surface area (Å²) in [7, 11) is -0.423. The van der Waals surface area contributed by atoms with Gasteiger partial charge in [0.15, 0.2) is 21.3 Å². The van der Waals surface area contributed by atoms with E-state index >= 15 is 0 Å². The van der Waals surface area contributed by atoms with Crippen molar-refractivity contribution in [2.75, 3.05) is 33.9 Å². The molecule has 2 aromatic rings. The van der Waals surface area contributed by atoms with Crippen LogP contribution < -0.4 is 14.8 Å². The highest BCUT2D eigenvalue weighted by Crippen LogP contribution is 2.37. The van der Waals surface area contributed by atoms with Gasteiger partial charge in [0.25, 0.3) is 0 Å². The van der Waals surface area contributed by atoms with Crippen molar-refractivity contribution >= 4 is 33.8 Å². The molecule has 176 valence electrons. The Morgan fingerprint density at radius 3 is 2.44 bits per heavy atom. The highest BCUT2D eigenvalue weighted by molar-refractivity contribution is 7.92. The molecule has 1 N–H and O–H groups in total. The Labute approximate surface area is 201 Å². The van der Waals surface area contributed by atoms with Gasteiger partial charge in [-0.05, 0) is 61.2 Å². The van der Waals surface area contributed by atoms with E-state index in [2.05, 4.69) is 10.2 Å². The number of benzene rings is 2. The Morgan fingerprint density at radius 1 is 1.12 bits per heavy atom. The van der Waals surface area contributed by atoms with Crippen LogP contribution in [0.3, 0.4) is 0 Å². The molecule has 0 aromatic heterocycles. The Kier molecular flexibility index (Phi) is 8.33. The number of methoxy groups -OCH3 is 2. The Bertz CT molecular complexity index is 1040. The molecule has 2 unspecified atom stereocenters. The third-order valence-electron chi connectivity index (χ3n) is 6.31. The van der Waals surface area contributed by atoms with E-state index in [1.807, 2.05) is 12.1 Å². The number of piperidine rings is 1. The summed E-state index contributed by atoms with van der Waals surface area (Å²) in [6.07, 6.45) is 2.59. The fourth-order valence-electron chi connectivity index (χ4n) is 4.80. The van der Waals surface area contributed by atoms with Gasteiger partial charge in [0, 0.05) is 25.6 Å². The molecule has 4 rings (SSSR count). The van der Waals surface area contributed by atoms with Gasteiger partial charge in [-0.2, -0.15) is 0 Å². The summed E-state index contributed by atoms with van der Waals surface area (Å²) in [5.41, 5.74) is 2.25. The van der Waals surface area contributed by atoms with Crippen LogP contribution in [-0.4, -0.2) is 52.5 Å². The van der Waals surface area contributed by atoms with Crippen molar-refractivity contribution in [1.29, 1.82) is 0 Å². The van der Waals surface area contributed by atoms with Crippen molar-refractivity contribution in [3.8, 4) is 11.5 Å². The van der Waals surface area contributed by atoms with Gasteiger partial charge in [-0.25, -0.2) is 8.42 Å². The largest absolute Gasteiger partial charge is 0.493 e. The molecule has 2 heterocycles. The number of rotatable bonds is 6. The van der Waals surface area contributed by atoms with Crippen LogP contribution in [0.5, 0.6) is 11.5 Å². The minimum atomic E-state index is -3.66. The third kappa shape index (κ3) is 4.87. The molecule has 2 aliphatic heterocycles. The first-order valence-electron chi connectivity index (χ1n) is 10.6. The van der Waals surface area contributed by atoms with E-state index in [4.69, 9.17) is 21.1 Å². The van der Waals surface area contributed by atoms with Gasteiger partial charge >= 0.3 is 0 Å². The molecular weight excluding hydrogens is 471 g/mol. The van der Waals surface area contributed by atoms with Crippen LogP contribution in [0.1, 0.15) is 24.0 Å².